The summed E-state index contributed by atoms with van der Waals surface area (Å²) in [4.78, 5) is 32.3. The Balaban J connectivity index is 1.68. The van der Waals surface area contributed by atoms with Crippen LogP contribution < -0.4 is 0 Å². The van der Waals surface area contributed by atoms with Crippen molar-refractivity contribution in [3.05, 3.63) is 66.0 Å². The van der Waals surface area contributed by atoms with Gasteiger partial charge in [-0.15, -0.1) is 0 Å². The van der Waals surface area contributed by atoms with E-state index in [1.54, 1.807) is 12.4 Å². The molecule has 0 radical (unpaired) electrons. The molecule has 0 N–H and O–H groups in total. The maximum absolute atomic E-state index is 12.9. The molecule has 1 fully saturated rings. The molecule has 2 heterocycles. The standard InChI is InChI=1S/C22H27N3O4/c1-28-22(27)9-11-24-14-20(29-17-18-6-3-2-4-7-18)15-25(21(26)16-24)13-19-8-5-10-23-12-19/h2-8,10,12,20H,9,11,13-17H2,1H3. The molecule has 3 rings (SSSR count). The lowest BCUT2D eigenvalue weighted by Gasteiger charge is -2.25. The number of carbonyl (C=O) groups excluding carboxylic acids is 2. The SMILES string of the molecule is COC(=O)CCN1CC(=O)N(Cc2cccnc2)CC(OCc2ccccc2)C1. The topological polar surface area (TPSA) is 72.0 Å². The molecule has 0 saturated carbocycles. The van der Waals surface area contributed by atoms with E-state index >= 15 is 0 Å². The van der Waals surface area contributed by atoms with E-state index in [2.05, 4.69) is 4.98 Å². The van der Waals surface area contributed by atoms with Crippen LogP contribution in [0, 0.1) is 0 Å². The Morgan fingerprint density at radius 1 is 1.14 bits per heavy atom. The molecule has 0 bridgehead atoms. The molecule has 0 spiro atoms. The number of aromatic nitrogens is 1. The van der Waals surface area contributed by atoms with Crippen molar-refractivity contribution in [3.63, 3.8) is 0 Å². The Morgan fingerprint density at radius 3 is 2.66 bits per heavy atom. The lowest BCUT2D eigenvalue weighted by atomic mass is 10.2. The zero-order chi connectivity index (χ0) is 20.5. The Labute approximate surface area is 171 Å². The summed E-state index contributed by atoms with van der Waals surface area (Å²) >= 11 is 0. The Bertz CT molecular complexity index is 785. The molecule has 2 aromatic rings. The van der Waals surface area contributed by atoms with Gasteiger partial charge in [0.05, 0.1) is 32.8 Å². The van der Waals surface area contributed by atoms with Crippen LogP contribution in [-0.4, -0.2) is 66.1 Å². The first kappa shape index (κ1) is 21.0. The first-order chi connectivity index (χ1) is 14.1. The minimum absolute atomic E-state index is 0.0181. The number of nitrogens with zero attached hydrogens (tertiary/aromatic N) is 3. The van der Waals surface area contributed by atoms with Crippen LogP contribution in [0.4, 0.5) is 0 Å². The minimum atomic E-state index is -0.282. The maximum Gasteiger partial charge on any atom is 0.306 e. The molecular formula is C22H27N3O4. The third kappa shape index (κ3) is 6.66. The first-order valence-corrected chi connectivity index (χ1v) is 9.75. The quantitative estimate of drug-likeness (QED) is 0.634. The Hall–Kier alpha value is -2.77. The Morgan fingerprint density at radius 2 is 1.93 bits per heavy atom. The van der Waals surface area contributed by atoms with Crippen LogP contribution in [0.1, 0.15) is 17.5 Å². The van der Waals surface area contributed by atoms with Gasteiger partial charge in [0.15, 0.2) is 0 Å². The molecule has 1 aliphatic heterocycles. The number of pyridine rings is 1. The van der Waals surface area contributed by atoms with Crippen molar-refractivity contribution < 1.29 is 19.1 Å². The van der Waals surface area contributed by atoms with E-state index in [4.69, 9.17) is 9.47 Å². The zero-order valence-corrected chi connectivity index (χ0v) is 16.7. The van der Waals surface area contributed by atoms with Crippen molar-refractivity contribution >= 4 is 11.9 Å². The van der Waals surface area contributed by atoms with Gasteiger partial charge < -0.3 is 14.4 Å². The highest BCUT2D eigenvalue weighted by atomic mass is 16.5. The van der Waals surface area contributed by atoms with Crippen LogP contribution >= 0.6 is 0 Å². The average Bonchev–Trinajstić information content (AvgIpc) is 2.90. The van der Waals surface area contributed by atoms with E-state index in [0.29, 0.717) is 32.8 Å². The second kappa shape index (κ2) is 10.7. The number of ether oxygens (including phenoxy) is 2. The van der Waals surface area contributed by atoms with Crippen molar-refractivity contribution in [2.45, 2.75) is 25.7 Å². The van der Waals surface area contributed by atoms with Crippen LogP contribution in [-0.2, 0) is 32.2 Å². The second-order valence-corrected chi connectivity index (χ2v) is 7.12. The fraction of sp³-hybridized carbons (Fsp3) is 0.409. The van der Waals surface area contributed by atoms with Crippen LogP contribution in [0.2, 0.25) is 0 Å². The van der Waals surface area contributed by atoms with E-state index in [9.17, 15) is 9.59 Å². The van der Waals surface area contributed by atoms with Gasteiger partial charge >= 0.3 is 5.97 Å². The molecule has 7 heteroatoms. The first-order valence-electron chi connectivity index (χ1n) is 9.75. The summed E-state index contributed by atoms with van der Waals surface area (Å²) < 4.78 is 10.9. The average molecular weight is 397 g/mol. The molecule has 1 saturated heterocycles. The molecule has 1 aromatic carbocycles. The summed E-state index contributed by atoms with van der Waals surface area (Å²) in [5.41, 5.74) is 2.06. The van der Waals surface area contributed by atoms with E-state index in [1.807, 2.05) is 52.3 Å². The van der Waals surface area contributed by atoms with Gasteiger partial charge in [0.1, 0.15) is 0 Å². The molecule has 0 aliphatic carbocycles. The number of hydrogen-bond acceptors (Lipinski definition) is 6. The van der Waals surface area contributed by atoms with Crippen molar-refractivity contribution in [1.29, 1.82) is 0 Å². The van der Waals surface area contributed by atoms with Gasteiger partial charge in [-0.3, -0.25) is 19.5 Å². The molecular weight excluding hydrogens is 370 g/mol. The van der Waals surface area contributed by atoms with Crippen molar-refractivity contribution in [1.82, 2.24) is 14.8 Å². The summed E-state index contributed by atoms with van der Waals surface area (Å²) in [6, 6.07) is 13.8. The third-order valence-electron chi connectivity index (χ3n) is 4.88. The highest BCUT2D eigenvalue weighted by Crippen LogP contribution is 2.14. The molecule has 1 amide bonds. The monoisotopic (exact) mass is 397 g/mol. The summed E-state index contributed by atoms with van der Waals surface area (Å²) in [6.07, 6.45) is 3.58. The van der Waals surface area contributed by atoms with Gasteiger partial charge in [0.25, 0.3) is 0 Å². The molecule has 1 unspecified atom stereocenters. The number of rotatable bonds is 8. The number of methoxy groups -OCH3 is 1. The highest BCUT2D eigenvalue weighted by Gasteiger charge is 2.28. The second-order valence-electron chi connectivity index (χ2n) is 7.12. The van der Waals surface area contributed by atoms with Crippen molar-refractivity contribution in [2.75, 3.05) is 33.3 Å². The van der Waals surface area contributed by atoms with Gasteiger partial charge in [-0.1, -0.05) is 36.4 Å². The molecule has 1 aromatic heterocycles. The lowest BCUT2D eigenvalue weighted by Crippen LogP contribution is -2.37. The third-order valence-corrected chi connectivity index (χ3v) is 4.88. The van der Waals surface area contributed by atoms with E-state index in [-0.39, 0.29) is 30.9 Å². The fourth-order valence-electron chi connectivity index (χ4n) is 3.33. The molecule has 7 nitrogen and oxygen atoms in total. The van der Waals surface area contributed by atoms with Crippen LogP contribution in [0.15, 0.2) is 54.9 Å². The lowest BCUT2D eigenvalue weighted by molar-refractivity contribution is -0.141. The van der Waals surface area contributed by atoms with E-state index in [0.717, 1.165) is 11.1 Å². The summed E-state index contributed by atoms with van der Waals surface area (Å²) in [6.45, 7) is 2.76. The van der Waals surface area contributed by atoms with Gasteiger partial charge in [0, 0.05) is 38.6 Å². The molecule has 1 aliphatic rings. The minimum Gasteiger partial charge on any atom is -0.469 e. The predicted molar refractivity (Wildman–Crippen MR) is 108 cm³/mol. The number of carbonyl (C=O) groups is 2. The normalized spacial score (nSPS) is 17.8. The van der Waals surface area contributed by atoms with E-state index < -0.39 is 0 Å². The largest absolute Gasteiger partial charge is 0.469 e. The number of hydrogen-bond donors (Lipinski definition) is 0. The Kier molecular flexibility index (Phi) is 7.72. The van der Waals surface area contributed by atoms with E-state index in [1.165, 1.54) is 7.11 Å². The van der Waals surface area contributed by atoms with Crippen LogP contribution in [0.5, 0.6) is 0 Å². The van der Waals surface area contributed by atoms with Crippen molar-refractivity contribution in [2.24, 2.45) is 0 Å². The fourth-order valence-corrected chi connectivity index (χ4v) is 3.33. The molecule has 154 valence electrons. The molecule has 29 heavy (non-hydrogen) atoms. The van der Waals surface area contributed by atoms with Crippen LogP contribution in [0.3, 0.4) is 0 Å². The maximum atomic E-state index is 12.9. The summed E-state index contributed by atoms with van der Waals surface area (Å²) in [7, 11) is 1.37. The van der Waals surface area contributed by atoms with Gasteiger partial charge in [-0.05, 0) is 17.2 Å². The van der Waals surface area contributed by atoms with Crippen LogP contribution in [0.25, 0.3) is 0 Å². The van der Waals surface area contributed by atoms with Gasteiger partial charge in [-0.25, -0.2) is 0 Å². The van der Waals surface area contributed by atoms with Gasteiger partial charge in [0.2, 0.25) is 5.91 Å². The number of benzene rings is 1. The number of esters is 1. The predicted octanol–water partition coefficient (Wildman–Crippen LogP) is 1.87. The molecule has 1 atom stereocenters. The highest BCUT2D eigenvalue weighted by molar-refractivity contribution is 5.78. The zero-order valence-electron chi connectivity index (χ0n) is 16.7. The smallest absolute Gasteiger partial charge is 0.306 e. The van der Waals surface area contributed by atoms with Crippen molar-refractivity contribution in [3.8, 4) is 0 Å². The summed E-state index contributed by atoms with van der Waals surface area (Å²) in [5, 5.41) is 0. The van der Waals surface area contributed by atoms with Gasteiger partial charge in [-0.2, -0.15) is 0 Å². The summed E-state index contributed by atoms with van der Waals surface area (Å²) in [5.74, 6) is -0.264. The number of amides is 1.